The molecule has 0 aliphatic carbocycles. The minimum Gasteiger partial charge on any atom is -0.461 e. The molecule has 0 aromatic carbocycles. The van der Waals surface area contributed by atoms with Gasteiger partial charge in [0.15, 0.2) is 11.6 Å². The second kappa shape index (κ2) is 6.57. The fourth-order valence-electron chi connectivity index (χ4n) is 3.13. The summed E-state index contributed by atoms with van der Waals surface area (Å²) in [5, 5.41) is 3.98. The van der Waals surface area contributed by atoms with Gasteiger partial charge >= 0.3 is 0 Å². The van der Waals surface area contributed by atoms with Gasteiger partial charge in [0.25, 0.3) is 5.91 Å². The highest BCUT2D eigenvalue weighted by molar-refractivity contribution is 7.20. The number of carbonyl (C=O) groups excluding carboxylic acids is 1. The molecule has 1 fully saturated rings. The predicted molar refractivity (Wildman–Crippen MR) is 95.9 cm³/mol. The summed E-state index contributed by atoms with van der Waals surface area (Å²) in [5.74, 6) is 1.53. The summed E-state index contributed by atoms with van der Waals surface area (Å²) in [6.45, 7) is 6.05. The third-order valence-electron chi connectivity index (χ3n) is 4.49. The van der Waals surface area contributed by atoms with Gasteiger partial charge in [0, 0.05) is 24.5 Å². The number of aromatic nitrogens is 2. The first-order valence-corrected chi connectivity index (χ1v) is 9.12. The lowest BCUT2D eigenvalue weighted by molar-refractivity contribution is 0.0948. The van der Waals surface area contributed by atoms with Crippen LogP contribution in [0.15, 0.2) is 22.8 Å². The normalized spacial score (nSPS) is 17.3. The Labute approximate surface area is 149 Å². The van der Waals surface area contributed by atoms with E-state index in [-0.39, 0.29) is 5.91 Å². The molecular formula is C18H19N3O3S. The lowest BCUT2D eigenvalue weighted by atomic mass is 10.1. The molecular weight excluding hydrogens is 338 g/mol. The minimum atomic E-state index is -0.0497. The molecule has 1 amide bonds. The highest BCUT2D eigenvalue weighted by atomic mass is 32.1. The van der Waals surface area contributed by atoms with E-state index in [4.69, 9.17) is 9.15 Å². The van der Waals surface area contributed by atoms with Gasteiger partial charge in [-0.15, -0.1) is 11.3 Å². The number of hydrogen-bond acceptors (Lipinski definition) is 6. The van der Waals surface area contributed by atoms with E-state index in [0.717, 1.165) is 41.1 Å². The number of aryl methyl sites for hydroxylation is 2. The molecule has 1 aliphatic rings. The van der Waals surface area contributed by atoms with Gasteiger partial charge in [-0.3, -0.25) is 4.79 Å². The van der Waals surface area contributed by atoms with E-state index in [1.54, 1.807) is 6.26 Å². The standard InChI is InChI=1S/C18H19N3O3S/c1-10-14-11(2)20-16(13-4-3-6-24-13)21-18(14)25-15(10)17(22)19-8-12-5-7-23-9-12/h3-4,6,12H,5,7-9H2,1-2H3,(H,19,22)/t12-/m0/s1. The number of hydrogen-bond donors (Lipinski definition) is 1. The van der Waals surface area contributed by atoms with E-state index in [0.29, 0.717) is 28.9 Å². The van der Waals surface area contributed by atoms with Crippen molar-refractivity contribution < 1.29 is 13.9 Å². The van der Waals surface area contributed by atoms with Crippen molar-refractivity contribution in [2.45, 2.75) is 20.3 Å². The molecule has 0 saturated carbocycles. The fourth-order valence-corrected chi connectivity index (χ4v) is 4.28. The van der Waals surface area contributed by atoms with Gasteiger partial charge < -0.3 is 14.5 Å². The van der Waals surface area contributed by atoms with Gasteiger partial charge in [0.05, 0.1) is 23.4 Å². The van der Waals surface area contributed by atoms with Crippen LogP contribution in [0.3, 0.4) is 0 Å². The Bertz CT molecular complexity index is 911. The Balaban J connectivity index is 1.64. The smallest absolute Gasteiger partial charge is 0.261 e. The van der Waals surface area contributed by atoms with Gasteiger partial charge in [0.1, 0.15) is 4.83 Å². The Kier molecular flexibility index (Phi) is 4.27. The van der Waals surface area contributed by atoms with E-state index in [1.807, 2.05) is 26.0 Å². The van der Waals surface area contributed by atoms with Crippen LogP contribution in [-0.2, 0) is 4.74 Å². The summed E-state index contributed by atoms with van der Waals surface area (Å²) in [5.41, 5.74) is 1.79. The maximum absolute atomic E-state index is 12.6. The average molecular weight is 357 g/mol. The summed E-state index contributed by atoms with van der Waals surface area (Å²) in [7, 11) is 0. The van der Waals surface area contributed by atoms with Crippen molar-refractivity contribution in [2.75, 3.05) is 19.8 Å². The Morgan fingerprint density at radius 3 is 3.00 bits per heavy atom. The molecule has 0 spiro atoms. The molecule has 6 nitrogen and oxygen atoms in total. The first-order valence-electron chi connectivity index (χ1n) is 8.31. The van der Waals surface area contributed by atoms with Crippen molar-refractivity contribution in [2.24, 2.45) is 5.92 Å². The summed E-state index contributed by atoms with van der Waals surface area (Å²) in [6, 6.07) is 3.64. The molecule has 4 heterocycles. The first kappa shape index (κ1) is 16.2. The van der Waals surface area contributed by atoms with Crippen molar-refractivity contribution >= 4 is 27.5 Å². The molecule has 0 bridgehead atoms. The minimum absolute atomic E-state index is 0.0497. The molecule has 1 saturated heterocycles. The molecule has 1 N–H and O–H groups in total. The summed E-state index contributed by atoms with van der Waals surface area (Å²) < 4.78 is 10.7. The third kappa shape index (κ3) is 3.05. The number of carbonyl (C=O) groups is 1. The molecule has 3 aromatic heterocycles. The first-order chi connectivity index (χ1) is 12.1. The van der Waals surface area contributed by atoms with E-state index in [2.05, 4.69) is 15.3 Å². The predicted octanol–water partition coefficient (Wildman–Crippen LogP) is 3.33. The van der Waals surface area contributed by atoms with E-state index in [1.165, 1.54) is 11.3 Å². The van der Waals surface area contributed by atoms with Crippen LogP contribution in [0.5, 0.6) is 0 Å². The molecule has 1 atom stereocenters. The third-order valence-corrected chi connectivity index (χ3v) is 5.68. The maximum atomic E-state index is 12.6. The largest absolute Gasteiger partial charge is 0.461 e. The van der Waals surface area contributed by atoms with Crippen LogP contribution in [0.2, 0.25) is 0 Å². The Hall–Kier alpha value is -2.25. The van der Waals surface area contributed by atoms with Gasteiger partial charge in [-0.2, -0.15) is 0 Å². The van der Waals surface area contributed by atoms with Crippen molar-refractivity contribution in [3.8, 4) is 11.6 Å². The molecule has 7 heteroatoms. The van der Waals surface area contributed by atoms with Gasteiger partial charge in [0.2, 0.25) is 0 Å². The maximum Gasteiger partial charge on any atom is 0.261 e. The number of fused-ring (bicyclic) bond motifs is 1. The molecule has 25 heavy (non-hydrogen) atoms. The fraction of sp³-hybridized carbons (Fsp3) is 0.389. The lowest BCUT2D eigenvalue weighted by Crippen LogP contribution is -2.29. The average Bonchev–Trinajstić information content (AvgIpc) is 3.34. The molecule has 0 radical (unpaired) electrons. The van der Waals surface area contributed by atoms with Crippen molar-refractivity contribution in [3.05, 3.63) is 34.5 Å². The van der Waals surface area contributed by atoms with Crippen LogP contribution >= 0.6 is 11.3 Å². The number of furan rings is 1. The van der Waals surface area contributed by atoms with Crippen molar-refractivity contribution in [1.82, 2.24) is 15.3 Å². The van der Waals surface area contributed by atoms with Crippen LogP contribution in [-0.4, -0.2) is 35.6 Å². The number of rotatable bonds is 4. The van der Waals surface area contributed by atoms with Crippen LogP contribution in [0.4, 0.5) is 0 Å². The molecule has 1 aliphatic heterocycles. The van der Waals surface area contributed by atoms with Crippen LogP contribution in [0.25, 0.3) is 21.8 Å². The zero-order chi connectivity index (χ0) is 17.4. The second-order valence-corrected chi connectivity index (χ2v) is 7.28. The molecule has 130 valence electrons. The van der Waals surface area contributed by atoms with Gasteiger partial charge in [-0.25, -0.2) is 9.97 Å². The quantitative estimate of drug-likeness (QED) is 0.775. The zero-order valence-electron chi connectivity index (χ0n) is 14.2. The summed E-state index contributed by atoms with van der Waals surface area (Å²) in [4.78, 5) is 23.3. The number of nitrogens with one attached hydrogen (secondary N) is 1. The highest BCUT2D eigenvalue weighted by Gasteiger charge is 2.22. The number of ether oxygens (including phenoxy) is 1. The number of amides is 1. The zero-order valence-corrected chi connectivity index (χ0v) is 15.0. The topological polar surface area (TPSA) is 77.2 Å². The molecule has 4 rings (SSSR count). The van der Waals surface area contributed by atoms with Crippen molar-refractivity contribution in [3.63, 3.8) is 0 Å². The van der Waals surface area contributed by atoms with Crippen LogP contribution < -0.4 is 5.32 Å². The Morgan fingerprint density at radius 2 is 2.28 bits per heavy atom. The molecule has 0 unspecified atom stereocenters. The summed E-state index contributed by atoms with van der Waals surface area (Å²) in [6.07, 6.45) is 2.60. The SMILES string of the molecule is Cc1nc(-c2ccco2)nc2sc(C(=O)NC[C@@H]3CCOC3)c(C)c12. The lowest BCUT2D eigenvalue weighted by Gasteiger charge is -2.08. The summed E-state index contributed by atoms with van der Waals surface area (Å²) >= 11 is 1.40. The van der Waals surface area contributed by atoms with Crippen molar-refractivity contribution in [1.29, 1.82) is 0 Å². The van der Waals surface area contributed by atoms with Crippen LogP contribution in [0.1, 0.15) is 27.3 Å². The number of nitrogens with zero attached hydrogens (tertiary/aromatic N) is 2. The number of thiophene rings is 1. The van der Waals surface area contributed by atoms with E-state index < -0.39 is 0 Å². The van der Waals surface area contributed by atoms with Gasteiger partial charge in [-0.1, -0.05) is 0 Å². The molecule has 3 aromatic rings. The Morgan fingerprint density at radius 1 is 1.40 bits per heavy atom. The van der Waals surface area contributed by atoms with Gasteiger partial charge in [-0.05, 0) is 38.0 Å². The van der Waals surface area contributed by atoms with E-state index in [9.17, 15) is 4.79 Å². The van der Waals surface area contributed by atoms with Crippen LogP contribution in [0, 0.1) is 19.8 Å². The second-order valence-electron chi connectivity index (χ2n) is 6.29. The highest BCUT2D eigenvalue weighted by Crippen LogP contribution is 2.33. The monoisotopic (exact) mass is 357 g/mol. The van der Waals surface area contributed by atoms with E-state index >= 15 is 0 Å².